The maximum absolute atomic E-state index is 5.82. The zero-order chi connectivity index (χ0) is 8.27. The molecule has 12 heavy (non-hydrogen) atoms. The summed E-state index contributed by atoms with van der Waals surface area (Å²) in [5.74, 6) is 0. The van der Waals surface area contributed by atoms with Gasteiger partial charge < -0.3 is 5.73 Å². The smallest absolute Gasteiger partial charge is 0.00845 e. The van der Waals surface area contributed by atoms with Crippen molar-refractivity contribution >= 4 is 23.7 Å². The number of hydrogen-bond acceptors (Lipinski definition) is 2. The molecule has 0 aliphatic carbocycles. The topological polar surface area (TPSA) is 26.0 Å². The Morgan fingerprint density at radius 3 is 2.58 bits per heavy atom. The number of thiophene rings is 1. The van der Waals surface area contributed by atoms with Crippen molar-refractivity contribution in [1.29, 1.82) is 0 Å². The summed E-state index contributed by atoms with van der Waals surface area (Å²) in [5, 5.41) is 0. The summed E-state index contributed by atoms with van der Waals surface area (Å²) in [6.07, 6.45) is 2.10. The molecule has 2 N–H and O–H groups in total. The molecule has 70 valence electrons. The van der Waals surface area contributed by atoms with Crippen LogP contribution in [-0.4, -0.2) is 6.04 Å². The lowest BCUT2D eigenvalue weighted by molar-refractivity contribution is 0.652. The summed E-state index contributed by atoms with van der Waals surface area (Å²) in [6.45, 7) is 4.26. The van der Waals surface area contributed by atoms with E-state index in [0.29, 0.717) is 6.04 Å². The van der Waals surface area contributed by atoms with Crippen molar-refractivity contribution in [1.82, 2.24) is 0 Å². The van der Waals surface area contributed by atoms with E-state index in [1.165, 1.54) is 9.75 Å². The molecule has 0 aliphatic rings. The molecule has 1 aromatic rings. The second-order valence-corrected chi connectivity index (χ2v) is 4.26. The van der Waals surface area contributed by atoms with Crippen molar-refractivity contribution in [3.63, 3.8) is 0 Å². The normalized spacial score (nSPS) is 12.2. The molecule has 0 saturated heterocycles. The van der Waals surface area contributed by atoms with Gasteiger partial charge in [-0.05, 0) is 31.9 Å². The molecule has 0 spiro atoms. The van der Waals surface area contributed by atoms with Crippen molar-refractivity contribution in [2.24, 2.45) is 5.73 Å². The van der Waals surface area contributed by atoms with Crippen LogP contribution >= 0.6 is 23.7 Å². The van der Waals surface area contributed by atoms with Crippen LogP contribution in [0.4, 0.5) is 0 Å². The van der Waals surface area contributed by atoms with E-state index in [0.717, 1.165) is 12.8 Å². The van der Waals surface area contributed by atoms with Crippen LogP contribution in [0.15, 0.2) is 12.1 Å². The fraction of sp³-hybridized carbons (Fsp3) is 0.556. The summed E-state index contributed by atoms with van der Waals surface area (Å²) in [7, 11) is 0. The highest BCUT2D eigenvalue weighted by atomic mass is 35.5. The lowest BCUT2D eigenvalue weighted by Crippen LogP contribution is -2.20. The SMILES string of the molecule is CCC(N)Cc1ccc(C)s1.Cl. The Hall–Kier alpha value is -0.0500. The number of aryl methyl sites for hydroxylation is 1. The summed E-state index contributed by atoms with van der Waals surface area (Å²) >= 11 is 1.85. The molecule has 1 aromatic heterocycles. The van der Waals surface area contributed by atoms with Crippen LogP contribution in [0.2, 0.25) is 0 Å². The summed E-state index contributed by atoms with van der Waals surface area (Å²) in [4.78, 5) is 2.79. The lowest BCUT2D eigenvalue weighted by atomic mass is 10.1. The minimum absolute atomic E-state index is 0. The fourth-order valence-corrected chi connectivity index (χ4v) is 1.98. The zero-order valence-corrected chi connectivity index (χ0v) is 9.17. The maximum Gasteiger partial charge on any atom is 0.00845 e. The Labute approximate surface area is 84.4 Å². The Balaban J connectivity index is 0.00000121. The van der Waals surface area contributed by atoms with Crippen molar-refractivity contribution in [2.75, 3.05) is 0 Å². The summed E-state index contributed by atoms with van der Waals surface area (Å²) in [5.41, 5.74) is 5.82. The van der Waals surface area contributed by atoms with Gasteiger partial charge in [0.25, 0.3) is 0 Å². The molecule has 0 amide bonds. The van der Waals surface area contributed by atoms with Gasteiger partial charge in [-0.1, -0.05) is 6.92 Å². The van der Waals surface area contributed by atoms with Gasteiger partial charge in [0.15, 0.2) is 0 Å². The van der Waals surface area contributed by atoms with E-state index in [2.05, 4.69) is 26.0 Å². The van der Waals surface area contributed by atoms with Crippen molar-refractivity contribution in [2.45, 2.75) is 32.7 Å². The van der Waals surface area contributed by atoms with Crippen LogP contribution in [-0.2, 0) is 6.42 Å². The average molecular weight is 206 g/mol. The quantitative estimate of drug-likeness (QED) is 0.807. The molecule has 0 aromatic carbocycles. The third-order valence-corrected chi connectivity index (χ3v) is 2.81. The van der Waals surface area contributed by atoms with E-state index < -0.39 is 0 Å². The molecule has 1 nitrogen and oxygen atoms in total. The van der Waals surface area contributed by atoms with E-state index in [4.69, 9.17) is 5.73 Å². The molecule has 0 fully saturated rings. The first-order chi connectivity index (χ1) is 5.22. The minimum Gasteiger partial charge on any atom is -0.327 e. The zero-order valence-electron chi connectivity index (χ0n) is 7.54. The second kappa shape index (κ2) is 5.57. The number of nitrogens with two attached hydrogens (primary N) is 1. The van der Waals surface area contributed by atoms with Gasteiger partial charge in [-0.2, -0.15) is 0 Å². The lowest BCUT2D eigenvalue weighted by Gasteiger charge is -2.04. The average Bonchev–Trinajstić information content (AvgIpc) is 2.35. The van der Waals surface area contributed by atoms with Crippen LogP contribution in [0, 0.1) is 6.92 Å². The van der Waals surface area contributed by atoms with Gasteiger partial charge in [-0.3, -0.25) is 0 Å². The Kier molecular flexibility index (Phi) is 5.55. The first kappa shape index (κ1) is 11.9. The summed E-state index contributed by atoms with van der Waals surface area (Å²) < 4.78 is 0. The van der Waals surface area contributed by atoms with Crippen LogP contribution in [0.25, 0.3) is 0 Å². The number of halogens is 1. The fourth-order valence-electron chi connectivity index (χ4n) is 0.998. The van der Waals surface area contributed by atoms with Crippen molar-refractivity contribution in [3.8, 4) is 0 Å². The molecule has 1 heterocycles. The minimum atomic E-state index is 0. The predicted octanol–water partition coefficient (Wildman–Crippen LogP) is 2.76. The molecule has 1 rings (SSSR count). The Morgan fingerprint density at radius 1 is 1.50 bits per heavy atom. The van der Waals surface area contributed by atoms with Crippen molar-refractivity contribution in [3.05, 3.63) is 21.9 Å². The number of rotatable bonds is 3. The summed E-state index contributed by atoms with van der Waals surface area (Å²) in [6, 6.07) is 4.67. The van der Waals surface area contributed by atoms with E-state index >= 15 is 0 Å². The third kappa shape index (κ3) is 3.57. The standard InChI is InChI=1S/C9H15NS.ClH/c1-3-8(10)6-9-5-4-7(2)11-9;/h4-5,8H,3,6,10H2,1-2H3;1H. The van der Waals surface area contributed by atoms with Gasteiger partial charge in [0.05, 0.1) is 0 Å². The maximum atomic E-state index is 5.82. The molecule has 0 bridgehead atoms. The molecule has 1 unspecified atom stereocenters. The Morgan fingerprint density at radius 2 is 2.17 bits per heavy atom. The second-order valence-electron chi connectivity index (χ2n) is 2.88. The van der Waals surface area contributed by atoms with Crippen LogP contribution in [0.5, 0.6) is 0 Å². The van der Waals surface area contributed by atoms with Gasteiger partial charge in [-0.25, -0.2) is 0 Å². The first-order valence-corrected chi connectivity index (χ1v) is 4.85. The van der Waals surface area contributed by atoms with E-state index in [1.54, 1.807) is 0 Å². The third-order valence-electron chi connectivity index (χ3n) is 1.78. The first-order valence-electron chi connectivity index (χ1n) is 4.03. The predicted molar refractivity (Wildman–Crippen MR) is 58.3 cm³/mol. The van der Waals surface area contributed by atoms with E-state index in [9.17, 15) is 0 Å². The van der Waals surface area contributed by atoms with Crippen LogP contribution < -0.4 is 5.73 Å². The van der Waals surface area contributed by atoms with Gasteiger partial charge in [0.2, 0.25) is 0 Å². The molecular weight excluding hydrogens is 190 g/mol. The highest BCUT2D eigenvalue weighted by Gasteiger charge is 2.02. The number of hydrogen-bond donors (Lipinski definition) is 1. The van der Waals surface area contributed by atoms with Crippen LogP contribution in [0.3, 0.4) is 0 Å². The highest BCUT2D eigenvalue weighted by molar-refractivity contribution is 7.11. The molecular formula is C9H16ClNS. The molecule has 1 atom stereocenters. The van der Waals surface area contributed by atoms with E-state index in [1.807, 2.05) is 11.3 Å². The largest absolute Gasteiger partial charge is 0.327 e. The molecule has 0 aliphatic heterocycles. The molecule has 3 heteroatoms. The Bertz CT molecular complexity index is 222. The molecule has 0 saturated carbocycles. The van der Waals surface area contributed by atoms with Crippen LogP contribution in [0.1, 0.15) is 23.1 Å². The van der Waals surface area contributed by atoms with Gasteiger partial charge in [0.1, 0.15) is 0 Å². The van der Waals surface area contributed by atoms with Crippen molar-refractivity contribution < 1.29 is 0 Å². The highest BCUT2D eigenvalue weighted by Crippen LogP contribution is 2.16. The van der Waals surface area contributed by atoms with Gasteiger partial charge >= 0.3 is 0 Å². The van der Waals surface area contributed by atoms with Gasteiger partial charge in [0, 0.05) is 15.8 Å². The van der Waals surface area contributed by atoms with E-state index in [-0.39, 0.29) is 12.4 Å². The monoisotopic (exact) mass is 205 g/mol. The molecule has 0 radical (unpaired) electrons. The van der Waals surface area contributed by atoms with Gasteiger partial charge in [-0.15, -0.1) is 23.7 Å².